The first-order valence-electron chi connectivity index (χ1n) is 2.48. The Labute approximate surface area is 92.0 Å². The topological polar surface area (TPSA) is 0 Å². The zero-order valence-electron chi connectivity index (χ0n) is 4.92. The van der Waals surface area contributed by atoms with E-state index in [0.717, 1.165) is 5.92 Å². The Morgan fingerprint density at radius 2 is 1.62 bits per heavy atom. The van der Waals surface area contributed by atoms with Crippen LogP contribution in [0.2, 0.25) is 0 Å². The van der Waals surface area contributed by atoms with Crippen LogP contribution in [0.1, 0.15) is 20.3 Å². The van der Waals surface area contributed by atoms with Crippen LogP contribution in [0.3, 0.4) is 0 Å². The van der Waals surface area contributed by atoms with Gasteiger partial charge in [0.25, 0.3) is 0 Å². The molecule has 0 aliphatic rings. The van der Waals surface area contributed by atoms with Gasteiger partial charge in [-0.1, -0.05) is 81.6 Å². The van der Waals surface area contributed by atoms with E-state index < -0.39 is 0 Å². The van der Waals surface area contributed by atoms with Crippen LogP contribution in [0.5, 0.6) is 0 Å². The Morgan fingerprint density at radius 3 is 1.62 bits per heavy atom. The van der Waals surface area contributed by atoms with Crippen molar-refractivity contribution in [1.29, 1.82) is 0 Å². The third-order valence-electron chi connectivity index (χ3n) is 0.640. The summed E-state index contributed by atoms with van der Waals surface area (Å²) in [6.45, 7) is 4.51. The third-order valence-corrected chi connectivity index (χ3v) is 1.96. The van der Waals surface area contributed by atoms with Crippen LogP contribution in [0.15, 0.2) is 0 Å². The summed E-state index contributed by atoms with van der Waals surface area (Å²) in [6, 6.07) is 0. The van der Waals surface area contributed by atoms with Crippen LogP contribution in [-0.2, 0) is 0 Å². The molecule has 0 nitrogen and oxygen atoms in total. The average molecular weight is 450 g/mol. The number of halogens is 3. The average Bonchev–Trinajstić information content (AvgIpc) is 1.21. The van der Waals surface area contributed by atoms with E-state index >= 15 is 0 Å². The second-order valence-corrected chi connectivity index (χ2v) is 13.9. The first-order valence-corrected chi connectivity index (χ1v) is 5.72. The summed E-state index contributed by atoms with van der Waals surface area (Å²) < 4.78 is 0.432. The number of alkyl halides is 3. The summed E-state index contributed by atoms with van der Waals surface area (Å²) in [5, 5.41) is 0. The lowest BCUT2D eigenvalue weighted by atomic mass is 10.2. The minimum absolute atomic E-state index is 0.432. The second-order valence-electron chi connectivity index (χ2n) is 2.21. The Hall–Kier alpha value is 2.19. The fourth-order valence-electron chi connectivity index (χ4n) is 0.463. The third kappa shape index (κ3) is 8.19. The molecule has 8 heavy (non-hydrogen) atoms. The summed E-state index contributed by atoms with van der Waals surface area (Å²) in [7, 11) is 0. The summed E-state index contributed by atoms with van der Waals surface area (Å²) in [5.41, 5.74) is 0. The van der Waals surface area contributed by atoms with E-state index in [1.165, 1.54) is 6.42 Å². The fraction of sp³-hybridized carbons (Fsp3) is 1.00. The van der Waals surface area contributed by atoms with E-state index in [4.69, 9.17) is 0 Å². The summed E-state index contributed by atoms with van der Waals surface area (Å²) >= 11 is 7.40. The molecule has 0 saturated carbocycles. The van der Waals surface area contributed by atoms with Gasteiger partial charge in [-0.2, -0.15) is 0 Å². The maximum Gasteiger partial charge on any atom is 0.124 e. The predicted molar refractivity (Wildman–Crippen MR) is 64.2 cm³/mol. The Morgan fingerprint density at radius 1 is 1.25 bits per heavy atom. The van der Waals surface area contributed by atoms with E-state index in [2.05, 4.69) is 81.6 Å². The minimum atomic E-state index is 0.432. The molecule has 0 spiro atoms. The quantitative estimate of drug-likeness (QED) is 0.442. The monoisotopic (exact) mass is 450 g/mol. The van der Waals surface area contributed by atoms with Crippen LogP contribution in [0.25, 0.3) is 0 Å². The molecule has 0 N–H and O–H groups in total. The molecule has 0 rings (SSSR count). The molecule has 0 heterocycles. The van der Waals surface area contributed by atoms with Gasteiger partial charge in [0.05, 0.1) is 0 Å². The van der Waals surface area contributed by atoms with Gasteiger partial charge < -0.3 is 0 Å². The Balaban J connectivity index is 3.39. The predicted octanol–water partition coefficient (Wildman–Crippen LogP) is 3.99. The maximum atomic E-state index is 2.47. The van der Waals surface area contributed by atoms with Gasteiger partial charge in [-0.3, -0.25) is 0 Å². The van der Waals surface area contributed by atoms with Crippen molar-refractivity contribution in [3.63, 3.8) is 0 Å². The number of rotatable bonds is 2. The van der Waals surface area contributed by atoms with Crippen LogP contribution in [0.4, 0.5) is 0 Å². The summed E-state index contributed by atoms with van der Waals surface area (Å²) in [6.07, 6.45) is 1.29. The van der Waals surface area contributed by atoms with Gasteiger partial charge in [-0.25, -0.2) is 0 Å². The normalized spacial score (nSPS) is 12.8. The lowest BCUT2D eigenvalue weighted by molar-refractivity contribution is 0.626. The van der Waals surface area contributed by atoms with E-state index in [-0.39, 0.29) is 0 Å². The minimum Gasteiger partial charge on any atom is -0.0627 e. The highest BCUT2D eigenvalue weighted by atomic mass is 127. The molecule has 3 heteroatoms. The molecule has 0 aliphatic carbocycles. The highest BCUT2D eigenvalue weighted by Gasteiger charge is 2.17. The van der Waals surface area contributed by atoms with Gasteiger partial charge in [0.2, 0.25) is 0 Å². The molecule has 50 valence electrons. The number of hydrogen-bond donors (Lipinski definition) is 0. The number of hydrogen-bond acceptors (Lipinski definition) is 0. The highest BCUT2D eigenvalue weighted by Crippen LogP contribution is 2.40. The molecule has 0 atom stereocenters. The fourth-order valence-corrected chi connectivity index (χ4v) is 3.11. The maximum absolute atomic E-state index is 2.47. The Bertz CT molecular complexity index is 62.6. The van der Waals surface area contributed by atoms with Crippen molar-refractivity contribution in [3.8, 4) is 0 Å². The van der Waals surface area contributed by atoms with Gasteiger partial charge in [-0.05, 0) is 12.3 Å². The van der Waals surface area contributed by atoms with Crippen molar-refractivity contribution in [2.45, 2.75) is 19.7 Å². The van der Waals surface area contributed by atoms with Gasteiger partial charge in [0.15, 0.2) is 0 Å². The zero-order chi connectivity index (χ0) is 6.78. The van der Waals surface area contributed by atoms with E-state index in [1.54, 1.807) is 0 Å². The van der Waals surface area contributed by atoms with Crippen molar-refractivity contribution in [1.82, 2.24) is 0 Å². The molecule has 0 saturated heterocycles. The van der Waals surface area contributed by atoms with Crippen LogP contribution < -0.4 is 0 Å². The van der Waals surface area contributed by atoms with Gasteiger partial charge in [-0.15, -0.1) is 0 Å². The van der Waals surface area contributed by atoms with Crippen LogP contribution in [-0.4, -0.2) is -0.565 Å². The molecule has 0 aromatic heterocycles. The van der Waals surface area contributed by atoms with Crippen molar-refractivity contribution in [2.75, 3.05) is 0 Å². The molecule has 0 aliphatic heterocycles. The first kappa shape index (κ1) is 10.2. The lowest BCUT2D eigenvalue weighted by Crippen LogP contribution is -2.02. The molecule has 0 amide bonds. The SMILES string of the molecule is CC(C)CC(I)(I)I. The molecule has 0 unspecified atom stereocenters. The smallest absolute Gasteiger partial charge is 0.0627 e. The van der Waals surface area contributed by atoms with Gasteiger partial charge in [0.1, 0.15) is -0.565 Å². The van der Waals surface area contributed by atoms with Crippen molar-refractivity contribution < 1.29 is 0 Å². The van der Waals surface area contributed by atoms with Gasteiger partial charge >= 0.3 is 0 Å². The molecular weight excluding hydrogens is 441 g/mol. The molecule has 0 radical (unpaired) electrons. The van der Waals surface area contributed by atoms with Crippen LogP contribution in [0, 0.1) is 5.92 Å². The molecule has 0 fully saturated rings. The molecular formula is C5H9I3. The zero-order valence-corrected chi connectivity index (χ0v) is 11.4. The van der Waals surface area contributed by atoms with Crippen LogP contribution >= 0.6 is 67.8 Å². The largest absolute Gasteiger partial charge is 0.124 e. The van der Waals surface area contributed by atoms with Gasteiger partial charge in [0, 0.05) is 0 Å². The lowest BCUT2D eigenvalue weighted by Gasteiger charge is -2.13. The molecule has 0 aromatic rings. The van der Waals surface area contributed by atoms with Crippen molar-refractivity contribution >= 4 is 67.8 Å². The first-order chi connectivity index (χ1) is 3.42. The summed E-state index contributed by atoms with van der Waals surface area (Å²) in [5.74, 6) is 0.820. The molecule has 0 bridgehead atoms. The Kier molecular flexibility index (Phi) is 5.28. The van der Waals surface area contributed by atoms with E-state index in [9.17, 15) is 0 Å². The summed E-state index contributed by atoms with van der Waals surface area (Å²) in [4.78, 5) is 0. The standard InChI is InChI=1S/C5H9I3/c1-4(2)3-5(6,7)8/h4H,3H2,1-2H3. The van der Waals surface area contributed by atoms with Crippen molar-refractivity contribution in [3.05, 3.63) is 0 Å². The second kappa shape index (κ2) is 4.15. The van der Waals surface area contributed by atoms with Crippen molar-refractivity contribution in [2.24, 2.45) is 5.92 Å². The van der Waals surface area contributed by atoms with E-state index in [0.29, 0.717) is -0.565 Å². The highest BCUT2D eigenvalue weighted by molar-refractivity contribution is 14.3. The van der Waals surface area contributed by atoms with E-state index in [1.807, 2.05) is 0 Å². The molecule has 0 aromatic carbocycles.